The molecular weight excluding hydrogens is 244 g/mol. The molecule has 110 valence electrons. The van der Waals surface area contributed by atoms with Gasteiger partial charge in [-0.05, 0) is 19.8 Å². The Morgan fingerprint density at radius 2 is 1.84 bits per heavy atom. The molecule has 0 fully saturated rings. The summed E-state index contributed by atoms with van der Waals surface area (Å²) in [7, 11) is 7.58. The van der Waals surface area contributed by atoms with Crippen molar-refractivity contribution < 1.29 is 9.53 Å². The lowest BCUT2D eigenvalue weighted by Gasteiger charge is -2.12. The summed E-state index contributed by atoms with van der Waals surface area (Å²) in [6.07, 6.45) is 4.86. The molecular formula is C13H26N4O2. The van der Waals surface area contributed by atoms with Crippen LogP contribution >= 0.6 is 0 Å². The second-order valence-corrected chi connectivity index (χ2v) is 4.62. The molecule has 0 spiro atoms. The number of nitrogens with zero attached hydrogens (tertiary/aromatic N) is 4. The third-order valence-electron chi connectivity index (χ3n) is 2.11. The zero-order valence-electron chi connectivity index (χ0n) is 12.7. The van der Waals surface area contributed by atoms with Gasteiger partial charge in [0.1, 0.15) is 6.04 Å². The van der Waals surface area contributed by atoms with Crippen LogP contribution in [-0.4, -0.2) is 75.8 Å². The number of hydrogen-bond acceptors (Lipinski definition) is 4. The lowest BCUT2D eigenvalue weighted by Crippen LogP contribution is -2.23. The Hall–Kier alpha value is -1.59. The van der Waals surface area contributed by atoms with E-state index in [-0.39, 0.29) is 5.97 Å². The van der Waals surface area contributed by atoms with Crippen molar-refractivity contribution in [1.82, 2.24) is 9.80 Å². The fraction of sp³-hybridized carbons (Fsp3) is 0.769. The molecule has 0 rings (SSSR count). The molecule has 0 aliphatic carbocycles. The summed E-state index contributed by atoms with van der Waals surface area (Å²) in [6, 6.07) is -0.433. The van der Waals surface area contributed by atoms with E-state index in [1.807, 2.05) is 33.1 Å². The van der Waals surface area contributed by atoms with Crippen molar-refractivity contribution >= 4 is 18.6 Å². The number of esters is 1. The topological polar surface area (TPSA) is 57.5 Å². The van der Waals surface area contributed by atoms with Crippen molar-refractivity contribution in [1.29, 1.82) is 0 Å². The van der Waals surface area contributed by atoms with Crippen LogP contribution in [0.2, 0.25) is 0 Å². The van der Waals surface area contributed by atoms with E-state index in [0.29, 0.717) is 19.6 Å². The molecule has 0 aromatic rings. The maximum absolute atomic E-state index is 11.7. The molecule has 6 nitrogen and oxygen atoms in total. The van der Waals surface area contributed by atoms with Gasteiger partial charge in [0, 0.05) is 34.7 Å². The Balaban J connectivity index is 4.23. The molecule has 0 aliphatic heterocycles. The van der Waals surface area contributed by atoms with Gasteiger partial charge in [-0.25, -0.2) is 4.79 Å². The Kier molecular flexibility index (Phi) is 9.48. The number of carbonyl (C=O) groups excluding carboxylic acids is 1. The molecule has 0 radical (unpaired) electrons. The zero-order chi connectivity index (χ0) is 14.7. The van der Waals surface area contributed by atoms with Gasteiger partial charge in [0.2, 0.25) is 0 Å². The van der Waals surface area contributed by atoms with Crippen LogP contribution in [0, 0.1) is 0 Å². The highest BCUT2D eigenvalue weighted by Gasteiger charge is 2.17. The average molecular weight is 270 g/mol. The van der Waals surface area contributed by atoms with Crippen LogP contribution in [0.25, 0.3) is 0 Å². The second-order valence-electron chi connectivity index (χ2n) is 4.62. The van der Waals surface area contributed by atoms with Crippen LogP contribution in [0.3, 0.4) is 0 Å². The zero-order valence-corrected chi connectivity index (χ0v) is 12.7. The van der Waals surface area contributed by atoms with Crippen molar-refractivity contribution in [3.05, 3.63) is 0 Å². The minimum Gasteiger partial charge on any atom is -0.464 e. The number of ether oxygens (including phenoxy) is 1. The minimum absolute atomic E-state index is 0.266. The van der Waals surface area contributed by atoms with Gasteiger partial charge in [-0.15, -0.1) is 0 Å². The van der Waals surface area contributed by atoms with E-state index < -0.39 is 6.04 Å². The van der Waals surface area contributed by atoms with Gasteiger partial charge in [-0.2, -0.15) is 0 Å². The molecule has 6 heteroatoms. The van der Waals surface area contributed by atoms with E-state index in [1.165, 1.54) is 0 Å². The Bertz CT molecular complexity index is 301. The fourth-order valence-corrected chi connectivity index (χ4v) is 1.30. The lowest BCUT2D eigenvalue weighted by molar-refractivity contribution is -0.144. The highest BCUT2D eigenvalue weighted by atomic mass is 16.5. The molecule has 19 heavy (non-hydrogen) atoms. The Morgan fingerprint density at radius 1 is 1.21 bits per heavy atom. The van der Waals surface area contributed by atoms with Gasteiger partial charge in [-0.1, -0.05) is 0 Å². The van der Waals surface area contributed by atoms with Crippen LogP contribution in [0.4, 0.5) is 0 Å². The summed E-state index contributed by atoms with van der Waals surface area (Å²) in [5.41, 5.74) is 0. The summed E-state index contributed by atoms with van der Waals surface area (Å²) >= 11 is 0. The predicted octanol–water partition coefficient (Wildman–Crippen LogP) is 0.878. The van der Waals surface area contributed by atoms with E-state index in [2.05, 4.69) is 9.98 Å². The van der Waals surface area contributed by atoms with Gasteiger partial charge in [0.25, 0.3) is 0 Å². The van der Waals surface area contributed by atoms with E-state index in [9.17, 15) is 4.79 Å². The molecule has 1 unspecified atom stereocenters. The standard InChI is InChI=1S/C13H26N4O2/c1-6-19-13(18)12(15-11-17(4)5)8-7-9-14-10-16(2)3/h10-12H,6-9H2,1-5H3. The molecule has 0 bridgehead atoms. The minimum atomic E-state index is -0.433. The first-order valence-corrected chi connectivity index (χ1v) is 6.50. The summed E-state index contributed by atoms with van der Waals surface area (Å²) in [5.74, 6) is -0.266. The lowest BCUT2D eigenvalue weighted by atomic mass is 10.1. The first-order valence-electron chi connectivity index (χ1n) is 6.50. The summed E-state index contributed by atoms with van der Waals surface area (Å²) < 4.78 is 5.01. The smallest absolute Gasteiger partial charge is 0.330 e. The summed E-state index contributed by atoms with van der Waals surface area (Å²) in [6.45, 7) is 2.86. The van der Waals surface area contributed by atoms with Crippen molar-refractivity contribution in [2.75, 3.05) is 41.3 Å². The van der Waals surface area contributed by atoms with Crippen LogP contribution < -0.4 is 0 Å². The molecule has 0 amide bonds. The SMILES string of the molecule is CCOC(=O)C(CCCN=CN(C)C)N=CN(C)C. The van der Waals surface area contributed by atoms with Crippen molar-refractivity contribution in [2.45, 2.75) is 25.8 Å². The molecule has 0 saturated heterocycles. The second kappa shape index (κ2) is 10.3. The molecule has 1 atom stereocenters. The van der Waals surface area contributed by atoms with E-state index in [0.717, 1.165) is 6.42 Å². The highest BCUT2D eigenvalue weighted by molar-refractivity contribution is 5.77. The highest BCUT2D eigenvalue weighted by Crippen LogP contribution is 2.05. The fourth-order valence-electron chi connectivity index (χ4n) is 1.30. The normalized spacial score (nSPS) is 12.9. The number of rotatable bonds is 9. The van der Waals surface area contributed by atoms with Gasteiger partial charge in [0.15, 0.2) is 0 Å². The molecule has 0 aromatic heterocycles. The summed E-state index contributed by atoms with van der Waals surface area (Å²) in [4.78, 5) is 23.9. The van der Waals surface area contributed by atoms with E-state index in [1.54, 1.807) is 24.5 Å². The predicted molar refractivity (Wildman–Crippen MR) is 78.9 cm³/mol. The van der Waals surface area contributed by atoms with Crippen LogP contribution in [0.5, 0.6) is 0 Å². The number of carbonyl (C=O) groups is 1. The summed E-state index contributed by atoms with van der Waals surface area (Å²) in [5, 5.41) is 0. The van der Waals surface area contributed by atoms with Crippen LogP contribution in [-0.2, 0) is 9.53 Å². The largest absolute Gasteiger partial charge is 0.464 e. The third-order valence-corrected chi connectivity index (χ3v) is 2.11. The first kappa shape index (κ1) is 17.4. The van der Waals surface area contributed by atoms with Crippen LogP contribution in [0.1, 0.15) is 19.8 Å². The number of aliphatic imine (C=N–C) groups is 2. The van der Waals surface area contributed by atoms with Crippen molar-refractivity contribution in [2.24, 2.45) is 9.98 Å². The molecule has 0 N–H and O–H groups in total. The third kappa shape index (κ3) is 10.1. The molecule has 0 aliphatic rings. The van der Waals surface area contributed by atoms with Gasteiger partial charge < -0.3 is 14.5 Å². The van der Waals surface area contributed by atoms with Gasteiger partial charge >= 0.3 is 5.97 Å². The molecule has 0 heterocycles. The molecule has 0 aromatic carbocycles. The van der Waals surface area contributed by atoms with Crippen molar-refractivity contribution in [3.8, 4) is 0 Å². The van der Waals surface area contributed by atoms with E-state index >= 15 is 0 Å². The van der Waals surface area contributed by atoms with E-state index in [4.69, 9.17) is 4.74 Å². The maximum atomic E-state index is 11.7. The average Bonchev–Trinajstić information content (AvgIpc) is 2.32. The Morgan fingerprint density at radius 3 is 2.37 bits per heavy atom. The molecule has 0 saturated carbocycles. The first-order chi connectivity index (χ1) is 8.97. The maximum Gasteiger partial charge on any atom is 0.330 e. The van der Waals surface area contributed by atoms with Crippen LogP contribution in [0.15, 0.2) is 9.98 Å². The monoisotopic (exact) mass is 270 g/mol. The quantitative estimate of drug-likeness (QED) is 0.270. The van der Waals surface area contributed by atoms with Gasteiger partial charge in [0.05, 0.1) is 19.3 Å². The van der Waals surface area contributed by atoms with Crippen molar-refractivity contribution in [3.63, 3.8) is 0 Å². The van der Waals surface area contributed by atoms with Gasteiger partial charge in [-0.3, -0.25) is 9.98 Å². The number of hydrogen-bond donors (Lipinski definition) is 0. The Labute approximate surface area is 116 Å².